The average molecular weight is 247 g/mol. The molecule has 2 nitrogen and oxygen atoms in total. The number of aryl methyl sites for hydroxylation is 1. The van der Waals surface area contributed by atoms with E-state index in [0.717, 1.165) is 32.2 Å². The van der Waals surface area contributed by atoms with Gasteiger partial charge in [0.15, 0.2) is 0 Å². The van der Waals surface area contributed by atoms with Crippen molar-refractivity contribution in [2.75, 3.05) is 31.2 Å². The first kappa shape index (κ1) is 13.4. The normalized spacial score (nSPS) is 16.3. The van der Waals surface area contributed by atoms with E-state index in [1.54, 1.807) is 0 Å². The highest BCUT2D eigenvalue weighted by Crippen LogP contribution is 2.23. The molecule has 0 atom stereocenters. The Hall–Kier alpha value is -1.02. The quantitative estimate of drug-likeness (QED) is 0.789. The van der Waals surface area contributed by atoms with Gasteiger partial charge in [-0.2, -0.15) is 0 Å². The van der Waals surface area contributed by atoms with Gasteiger partial charge in [-0.3, -0.25) is 0 Å². The molecule has 0 N–H and O–H groups in total. The lowest BCUT2D eigenvalue weighted by atomic mass is 10.0. The Morgan fingerprint density at radius 2 is 1.89 bits per heavy atom. The highest BCUT2D eigenvalue weighted by Gasteiger charge is 2.13. The van der Waals surface area contributed by atoms with Gasteiger partial charge in [0.05, 0.1) is 13.2 Å². The maximum Gasteiger partial charge on any atom is 0.0642 e. The van der Waals surface area contributed by atoms with E-state index in [9.17, 15) is 0 Å². The first-order valence-corrected chi connectivity index (χ1v) is 7.18. The predicted molar refractivity (Wildman–Crippen MR) is 77.3 cm³/mol. The van der Waals surface area contributed by atoms with Crippen molar-refractivity contribution in [3.8, 4) is 0 Å². The molecule has 1 aliphatic heterocycles. The molecule has 0 aromatic heterocycles. The monoisotopic (exact) mass is 247 g/mol. The van der Waals surface area contributed by atoms with E-state index in [1.807, 2.05) is 0 Å². The molecule has 1 saturated heterocycles. The van der Waals surface area contributed by atoms with Crippen LogP contribution in [-0.2, 0) is 11.2 Å². The highest BCUT2D eigenvalue weighted by molar-refractivity contribution is 5.54. The Labute approximate surface area is 111 Å². The topological polar surface area (TPSA) is 12.5 Å². The minimum absolute atomic E-state index is 0.806. The van der Waals surface area contributed by atoms with Crippen LogP contribution >= 0.6 is 0 Å². The van der Waals surface area contributed by atoms with Crippen LogP contribution in [0.4, 0.5) is 5.69 Å². The van der Waals surface area contributed by atoms with E-state index in [2.05, 4.69) is 43.0 Å². The summed E-state index contributed by atoms with van der Waals surface area (Å²) in [4.78, 5) is 2.47. The minimum Gasteiger partial charge on any atom is -0.378 e. The molecule has 0 radical (unpaired) electrons. The number of hydrogen-bond acceptors (Lipinski definition) is 2. The van der Waals surface area contributed by atoms with Gasteiger partial charge in [0, 0.05) is 18.8 Å². The van der Waals surface area contributed by atoms with Gasteiger partial charge in [-0.25, -0.2) is 0 Å². The van der Waals surface area contributed by atoms with Crippen LogP contribution in [-0.4, -0.2) is 26.3 Å². The van der Waals surface area contributed by atoms with Crippen molar-refractivity contribution in [3.63, 3.8) is 0 Å². The van der Waals surface area contributed by atoms with Crippen LogP contribution in [0.3, 0.4) is 0 Å². The molecule has 1 fully saturated rings. The fourth-order valence-corrected chi connectivity index (χ4v) is 2.54. The number of benzene rings is 1. The summed E-state index contributed by atoms with van der Waals surface area (Å²) in [6.07, 6.45) is 3.81. The molecule has 0 spiro atoms. The summed E-state index contributed by atoms with van der Waals surface area (Å²) >= 11 is 0. The van der Waals surface area contributed by atoms with Crippen molar-refractivity contribution in [2.45, 2.75) is 33.1 Å². The largest absolute Gasteiger partial charge is 0.378 e. The average Bonchev–Trinajstić information content (AvgIpc) is 2.40. The Bertz CT molecular complexity index is 356. The lowest BCUT2D eigenvalue weighted by Gasteiger charge is -2.30. The van der Waals surface area contributed by atoms with Crippen molar-refractivity contribution < 1.29 is 4.74 Å². The molecule has 0 unspecified atom stereocenters. The van der Waals surface area contributed by atoms with E-state index in [4.69, 9.17) is 4.74 Å². The molecule has 0 aliphatic carbocycles. The van der Waals surface area contributed by atoms with Crippen molar-refractivity contribution in [3.05, 3.63) is 29.8 Å². The van der Waals surface area contributed by atoms with Crippen molar-refractivity contribution in [2.24, 2.45) is 5.92 Å². The van der Waals surface area contributed by atoms with E-state index in [1.165, 1.54) is 30.5 Å². The van der Waals surface area contributed by atoms with E-state index >= 15 is 0 Å². The summed E-state index contributed by atoms with van der Waals surface area (Å²) in [7, 11) is 0. The predicted octanol–water partition coefficient (Wildman–Crippen LogP) is 3.50. The molecule has 0 amide bonds. The zero-order chi connectivity index (χ0) is 12.8. The summed E-state index contributed by atoms with van der Waals surface area (Å²) in [6.45, 7) is 8.38. The highest BCUT2D eigenvalue weighted by atomic mass is 16.5. The molecule has 1 aromatic carbocycles. The lowest BCUT2D eigenvalue weighted by molar-refractivity contribution is 0.122. The molecule has 100 valence electrons. The summed E-state index contributed by atoms with van der Waals surface area (Å²) in [5.41, 5.74) is 2.92. The molecule has 1 aliphatic rings. The molecule has 1 heterocycles. The van der Waals surface area contributed by atoms with Crippen molar-refractivity contribution >= 4 is 5.69 Å². The molecule has 2 heteroatoms. The number of ether oxygens (including phenoxy) is 1. The van der Waals surface area contributed by atoms with Gasteiger partial charge in [0.1, 0.15) is 0 Å². The molecular weight excluding hydrogens is 222 g/mol. The molecule has 18 heavy (non-hydrogen) atoms. The van der Waals surface area contributed by atoms with Crippen LogP contribution in [0.25, 0.3) is 0 Å². The van der Waals surface area contributed by atoms with E-state index in [0.29, 0.717) is 0 Å². The number of nitrogens with zero attached hydrogens (tertiary/aromatic N) is 1. The standard InChI is InChI=1S/C16H25NO/c1-14(2)6-5-8-15-7-3-4-9-16(15)17-10-12-18-13-11-17/h3-4,7,9,14H,5-6,8,10-13H2,1-2H3. The van der Waals surface area contributed by atoms with Crippen LogP contribution in [0.15, 0.2) is 24.3 Å². The summed E-state index contributed by atoms with van der Waals surface area (Å²) in [5.74, 6) is 0.806. The zero-order valence-electron chi connectivity index (χ0n) is 11.7. The number of anilines is 1. The summed E-state index contributed by atoms with van der Waals surface area (Å²) < 4.78 is 5.43. The fraction of sp³-hybridized carbons (Fsp3) is 0.625. The second kappa shape index (κ2) is 6.79. The first-order chi connectivity index (χ1) is 8.77. The SMILES string of the molecule is CC(C)CCCc1ccccc1N1CCOCC1. The minimum atomic E-state index is 0.806. The Morgan fingerprint density at radius 1 is 1.17 bits per heavy atom. The fourth-order valence-electron chi connectivity index (χ4n) is 2.54. The molecule has 2 rings (SSSR count). The number of hydrogen-bond donors (Lipinski definition) is 0. The maximum absolute atomic E-state index is 5.43. The van der Waals surface area contributed by atoms with Crippen LogP contribution in [0.2, 0.25) is 0 Å². The Kier molecular flexibility index (Phi) is 5.06. The third kappa shape index (κ3) is 3.74. The van der Waals surface area contributed by atoms with Crippen LogP contribution < -0.4 is 4.90 Å². The Morgan fingerprint density at radius 3 is 2.61 bits per heavy atom. The second-order valence-electron chi connectivity index (χ2n) is 5.51. The number of morpholine rings is 1. The van der Waals surface area contributed by atoms with Gasteiger partial charge in [0.2, 0.25) is 0 Å². The van der Waals surface area contributed by atoms with Crippen molar-refractivity contribution in [1.29, 1.82) is 0 Å². The smallest absolute Gasteiger partial charge is 0.0642 e. The van der Waals surface area contributed by atoms with Crippen molar-refractivity contribution in [1.82, 2.24) is 0 Å². The second-order valence-corrected chi connectivity index (χ2v) is 5.51. The van der Waals surface area contributed by atoms with E-state index in [-0.39, 0.29) is 0 Å². The van der Waals surface area contributed by atoms with Gasteiger partial charge in [-0.05, 0) is 30.4 Å². The maximum atomic E-state index is 5.43. The van der Waals surface area contributed by atoms with Crippen LogP contribution in [0, 0.1) is 5.92 Å². The van der Waals surface area contributed by atoms with Crippen LogP contribution in [0.5, 0.6) is 0 Å². The van der Waals surface area contributed by atoms with Gasteiger partial charge >= 0.3 is 0 Å². The number of rotatable bonds is 5. The Balaban J connectivity index is 2.00. The van der Waals surface area contributed by atoms with E-state index < -0.39 is 0 Å². The third-order valence-corrected chi connectivity index (χ3v) is 3.57. The summed E-state index contributed by atoms with van der Waals surface area (Å²) in [6, 6.07) is 8.85. The molecule has 0 bridgehead atoms. The van der Waals surface area contributed by atoms with Gasteiger partial charge < -0.3 is 9.64 Å². The zero-order valence-corrected chi connectivity index (χ0v) is 11.7. The van der Waals surface area contributed by atoms with Gasteiger partial charge in [-0.15, -0.1) is 0 Å². The molecule has 1 aromatic rings. The van der Waals surface area contributed by atoms with Gasteiger partial charge in [-0.1, -0.05) is 38.5 Å². The number of para-hydroxylation sites is 1. The lowest BCUT2D eigenvalue weighted by Crippen LogP contribution is -2.36. The first-order valence-electron chi connectivity index (χ1n) is 7.18. The third-order valence-electron chi connectivity index (χ3n) is 3.57. The van der Waals surface area contributed by atoms with Crippen LogP contribution in [0.1, 0.15) is 32.3 Å². The molecule has 0 saturated carbocycles. The summed E-state index contributed by atoms with van der Waals surface area (Å²) in [5, 5.41) is 0. The van der Waals surface area contributed by atoms with Gasteiger partial charge in [0.25, 0.3) is 0 Å². The molecular formula is C16H25NO.